The van der Waals surface area contributed by atoms with Crippen molar-refractivity contribution in [2.75, 3.05) is 13.1 Å². The number of benzene rings is 2. The molecule has 0 aliphatic carbocycles. The number of hydrogen-bond donors (Lipinski definition) is 1. The van der Waals surface area contributed by atoms with Gasteiger partial charge in [0.1, 0.15) is 0 Å². The van der Waals surface area contributed by atoms with Crippen LogP contribution in [0.4, 0.5) is 0 Å². The Labute approximate surface area is 162 Å². The molecule has 0 heterocycles. The number of nitrogens with one attached hydrogen (secondary N) is 1. The van der Waals surface area contributed by atoms with E-state index in [4.69, 9.17) is 0 Å². The molecule has 0 saturated carbocycles. The van der Waals surface area contributed by atoms with Crippen LogP contribution in [0, 0.1) is 13.8 Å². The molecule has 0 spiro atoms. The Morgan fingerprint density at radius 2 is 1.37 bits per heavy atom. The van der Waals surface area contributed by atoms with Gasteiger partial charge in [0.15, 0.2) is 0 Å². The maximum absolute atomic E-state index is 12.5. The molecule has 148 valence electrons. The van der Waals surface area contributed by atoms with Gasteiger partial charge in [0, 0.05) is 19.6 Å². The maximum atomic E-state index is 12.5. The van der Waals surface area contributed by atoms with Gasteiger partial charge >= 0.3 is 0 Å². The largest absolute Gasteiger partial charge is 0.243 e. The van der Waals surface area contributed by atoms with Crippen LogP contribution in [0.5, 0.6) is 0 Å². The van der Waals surface area contributed by atoms with Gasteiger partial charge in [-0.25, -0.2) is 21.6 Å². The van der Waals surface area contributed by atoms with E-state index in [1.54, 1.807) is 44.2 Å². The molecular weight excluding hydrogens is 384 g/mol. The fourth-order valence-electron chi connectivity index (χ4n) is 2.63. The topological polar surface area (TPSA) is 83.6 Å². The molecule has 2 aromatic carbocycles. The van der Waals surface area contributed by atoms with Gasteiger partial charge in [-0.1, -0.05) is 32.0 Å². The van der Waals surface area contributed by atoms with Gasteiger partial charge < -0.3 is 0 Å². The Hall–Kier alpha value is -1.74. The Bertz CT molecular complexity index is 995. The quantitative estimate of drug-likeness (QED) is 0.725. The van der Waals surface area contributed by atoms with Gasteiger partial charge in [-0.3, -0.25) is 0 Å². The zero-order valence-corrected chi connectivity index (χ0v) is 17.7. The second-order valence-corrected chi connectivity index (χ2v) is 10.0. The van der Waals surface area contributed by atoms with Crippen molar-refractivity contribution in [1.29, 1.82) is 0 Å². The molecule has 0 amide bonds. The summed E-state index contributed by atoms with van der Waals surface area (Å²) in [4.78, 5) is 0.415. The van der Waals surface area contributed by atoms with E-state index >= 15 is 0 Å². The maximum Gasteiger partial charge on any atom is 0.243 e. The average molecular weight is 411 g/mol. The molecule has 0 aliphatic heterocycles. The minimum absolute atomic E-state index is 0.0842. The van der Waals surface area contributed by atoms with Crippen LogP contribution >= 0.6 is 0 Å². The lowest BCUT2D eigenvalue weighted by Gasteiger charge is -2.18. The molecule has 0 radical (unpaired) electrons. The summed E-state index contributed by atoms with van der Waals surface area (Å²) in [5.74, 6) is 0. The summed E-state index contributed by atoms with van der Waals surface area (Å²) in [5.41, 5.74) is 2.61. The summed E-state index contributed by atoms with van der Waals surface area (Å²) in [7, 11) is -7.15. The molecule has 0 saturated heterocycles. The van der Waals surface area contributed by atoms with Crippen LogP contribution in [0.1, 0.15) is 30.5 Å². The number of rotatable bonds is 8. The first kappa shape index (κ1) is 21.6. The molecule has 0 unspecified atom stereocenters. The summed E-state index contributed by atoms with van der Waals surface area (Å²) in [6.07, 6.45) is 0. The minimum Gasteiger partial charge on any atom is -0.207 e. The van der Waals surface area contributed by atoms with Gasteiger partial charge in [-0.15, -0.1) is 0 Å². The predicted octanol–water partition coefficient (Wildman–Crippen LogP) is 2.81. The highest BCUT2D eigenvalue weighted by Gasteiger charge is 2.21. The van der Waals surface area contributed by atoms with Crippen LogP contribution in [0.25, 0.3) is 0 Å². The third-order valence-electron chi connectivity index (χ3n) is 4.52. The Balaban J connectivity index is 2.14. The van der Waals surface area contributed by atoms with E-state index in [0.717, 1.165) is 11.1 Å². The van der Waals surface area contributed by atoms with E-state index in [9.17, 15) is 16.8 Å². The second-order valence-electron chi connectivity index (χ2n) is 6.30. The molecule has 0 aromatic heterocycles. The smallest absolute Gasteiger partial charge is 0.207 e. The van der Waals surface area contributed by atoms with Gasteiger partial charge in [-0.2, -0.15) is 4.31 Å². The molecule has 27 heavy (non-hydrogen) atoms. The van der Waals surface area contributed by atoms with Crippen molar-refractivity contribution in [1.82, 2.24) is 9.03 Å². The van der Waals surface area contributed by atoms with E-state index in [0.29, 0.717) is 18.7 Å². The van der Waals surface area contributed by atoms with Crippen molar-refractivity contribution in [3.8, 4) is 0 Å². The minimum atomic E-state index is -3.63. The van der Waals surface area contributed by atoms with Gasteiger partial charge in [0.25, 0.3) is 0 Å². The van der Waals surface area contributed by atoms with Gasteiger partial charge in [0.2, 0.25) is 20.0 Å². The van der Waals surface area contributed by atoms with Crippen LogP contribution in [0.2, 0.25) is 0 Å². The zero-order valence-electron chi connectivity index (χ0n) is 16.1. The monoisotopic (exact) mass is 410 g/mol. The first-order valence-electron chi connectivity index (χ1n) is 8.77. The SMILES string of the molecule is CCN(CC)S(=O)(=O)c1ccc(CNS(=O)(=O)c2ccc(C)c(C)c2)cc1. The summed E-state index contributed by atoms with van der Waals surface area (Å²) in [6, 6.07) is 11.2. The summed E-state index contributed by atoms with van der Waals surface area (Å²) in [5, 5.41) is 0. The molecule has 0 atom stereocenters. The average Bonchev–Trinajstić information content (AvgIpc) is 2.63. The highest BCUT2D eigenvalue weighted by Crippen LogP contribution is 2.18. The number of sulfonamides is 2. The van der Waals surface area contributed by atoms with E-state index in [1.807, 2.05) is 13.8 Å². The molecule has 0 bridgehead atoms. The third kappa shape index (κ3) is 4.95. The number of nitrogens with zero attached hydrogens (tertiary/aromatic N) is 1. The lowest BCUT2D eigenvalue weighted by Crippen LogP contribution is -2.30. The molecule has 1 N–H and O–H groups in total. The highest BCUT2D eigenvalue weighted by atomic mass is 32.2. The third-order valence-corrected chi connectivity index (χ3v) is 7.98. The van der Waals surface area contributed by atoms with E-state index in [1.165, 1.54) is 16.4 Å². The summed E-state index contributed by atoms with van der Waals surface area (Å²) in [6.45, 7) is 8.25. The van der Waals surface area contributed by atoms with Gasteiger partial charge in [-0.05, 0) is 54.8 Å². The van der Waals surface area contributed by atoms with E-state index in [2.05, 4.69) is 4.72 Å². The fourth-order valence-corrected chi connectivity index (χ4v) is 5.20. The summed E-state index contributed by atoms with van der Waals surface area (Å²) >= 11 is 0. The first-order valence-corrected chi connectivity index (χ1v) is 11.7. The van der Waals surface area contributed by atoms with Crippen LogP contribution in [0.3, 0.4) is 0 Å². The van der Waals surface area contributed by atoms with Gasteiger partial charge in [0.05, 0.1) is 9.79 Å². The van der Waals surface area contributed by atoms with Crippen molar-refractivity contribution in [3.63, 3.8) is 0 Å². The molecule has 2 aromatic rings. The molecule has 2 rings (SSSR count). The number of aryl methyl sites for hydroxylation is 2. The van der Waals surface area contributed by atoms with Crippen LogP contribution in [-0.2, 0) is 26.6 Å². The molecule has 8 heteroatoms. The number of hydrogen-bond acceptors (Lipinski definition) is 4. The van der Waals surface area contributed by atoms with Crippen molar-refractivity contribution < 1.29 is 16.8 Å². The van der Waals surface area contributed by atoms with Crippen molar-refractivity contribution in [2.45, 2.75) is 44.0 Å². The normalized spacial score (nSPS) is 12.5. The lowest BCUT2D eigenvalue weighted by molar-refractivity contribution is 0.445. The lowest BCUT2D eigenvalue weighted by atomic mass is 10.1. The Morgan fingerprint density at radius 1 is 0.815 bits per heavy atom. The molecule has 0 aliphatic rings. The van der Waals surface area contributed by atoms with E-state index < -0.39 is 20.0 Å². The standard InChI is InChI=1S/C19H26N2O4S2/c1-5-21(6-2)27(24,25)18-11-8-17(9-12-18)14-20-26(22,23)19-10-7-15(3)16(4)13-19/h7-13,20H,5-6,14H2,1-4H3. The first-order chi connectivity index (χ1) is 12.6. The second kappa shape index (κ2) is 8.52. The Kier molecular flexibility index (Phi) is 6.80. The highest BCUT2D eigenvalue weighted by molar-refractivity contribution is 7.89. The van der Waals surface area contributed by atoms with Crippen LogP contribution < -0.4 is 4.72 Å². The molecule has 0 fully saturated rings. The van der Waals surface area contributed by atoms with E-state index in [-0.39, 0.29) is 16.3 Å². The van der Waals surface area contributed by atoms with Crippen LogP contribution in [-0.4, -0.2) is 34.2 Å². The van der Waals surface area contributed by atoms with Crippen LogP contribution in [0.15, 0.2) is 52.3 Å². The van der Waals surface area contributed by atoms with Crippen molar-refractivity contribution >= 4 is 20.0 Å². The van der Waals surface area contributed by atoms with Crippen molar-refractivity contribution in [2.24, 2.45) is 0 Å². The zero-order chi connectivity index (χ0) is 20.2. The Morgan fingerprint density at radius 3 is 1.89 bits per heavy atom. The predicted molar refractivity (Wildman–Crippen MR) is 106 cm³/mol. The summed E-state index contributed by atoms with van der Waals surface area (Å²) < 4.78 is 53.8. The molecular formula is C19H26N2O4S2. The van der Waals surface area contributed by atoms with Crippen molar-refractivity contribution in [3.05, 3.63) is 59.2 Å². The fraction of sp³-hybridized carbons (Fsp3) is 0.368. The molecule has 6 nitrogen and oxygen atoms in total.